The fourth-order valence-electron chi connectivity index (χ4n) is 3.25. The number of fused-ring (bicyclic) bond motifs is 1. The van der Waals surface area contributed by atoms with Crippen LogP contribution in [0.3, 0.4) is 0 Å². The number of sulfonamides is 1. The predicted octanol–water partition coefficient (Wildman–Crippen LogP) is 3.11. The molecule has 174 valence electrons. The Morgan fingerprint density at radius 3 is 2.36 bits per heavy atom. The third kappa shape index (κ3) is 4.20. The number of anilines is 1. The molecule has 33 heavy (non-hydrogen) atoms. The van der Waals surface area contributed by atoms with Crippen LogP contribution in [0, 0.1) is 5.82 Å². The highest BCUT2D eigenvalue weighted by Gasteiger charge is 2.41. The zero-order valence-corrected chi connectivity index (χ0v) is 18.4. The van der Waals surface area contributed by atoms with E-state index in [2.05, 4.69) is 20.4 Å². The average Bonchev–Trinajstić information content (AvgIpc) is 3.16. The van der Waals surface area contributed by atoms with Crippen LogP contribution in [0.25, 0.3) is 11.1 Å². The van der Waals surface area contributed by atoms with Gasteiger partial charge in [0.1, 0.15) is 16.4 Å². The molecular weight excluding hydrogens is 464 g/mol. The molecule has 0 saturated carbocycles. The molecule has 0 aliphatic carbocycles. The lowest BCUT2D eigenvalue weighted by Crippen LogP contribution is -2.51. The third-order valence-electron chi connectivity index (χ3n) is 4.97. The molecule has 0 amide bonds. The van der Waals surface area contributed by atoms with Crippen LogP contribution < -0.4 is 10.4 Å². The zero-order chi connectivity index (χ0) is 24.1. The van der Waals surface area contributed by atoms with Gasteiger partial charge in [-0.1, -0.05) is 12.1 Å². The number of nitrogens with zero attached hydrogens (tertiary/aromatic N) is 5. The zero-order valence-electron chi connectivity index (χ0n) is 17.6. The standard InChI is InChI=1S/C20H18F4N6O2S/c1-11-8-15-17(27-19(26-15)20(22,23)24)28-30(11)18-16(33(31,32)29(2)3)9-13(10-25-18)12-4-6-14(21)7-5-12/h4-11H,1-3H3,(H,26,27,28). The summed E-state index contributed by atoms with van der Waals surface area (Å²) in [5.74, 6) is -1.96. The van der Waals surface area contributed by atoms with E-state index in [-0.39, 0.29) is 22.2 Å². The van der Waals surface area contributed by atoms with E-state index in [1.54, 1.807) is 6.92 Å². The van der Waals surface area contributed by atoms with Crippen LogP contribution in [0.2, 0.25) is 0 Å². The van der Waals surface area contributed by atoms with Crippen molar-refractivity contribution >= 4 is 27.5 Å². The maximum atomic E-state index is 13.3. The minimum absolute atomic E-state index is 0.00558. The molecule has 1 aromatic carbocycles. The van der Waals surface area contributed by atoms with Crippen LogP contribution in [0.15, 0.2) is 63.2 Å². The highest BCUT2D eigenvalue weighted by Crippen LogP contribution is 2.33. The summed E-state index contributed by atoms with van der Waals surface area (Å²) >= 11 is 0. The van der Waals surface area contributed by atoms with Gasteiger partial charge >= 0.3 is 6.18 Å². The van der Waals surface area contributed by atoms with Gasteiger partial charge in [0, 0.05) is 25.9 Å². The van der Waals surface area contributed by atoms with Crippen LogP contribution in [-0.4, -0.2) is 55.7 Å². The molecule has 0 spiro atoms. The van der Waals surface area contributed by atoms with Gasteiger partial charge in [-0.25, -0.2) is 32.1 Å². The quantitative estimate of drug-likeness (QED) is 0.677. The Bertz CT molecular complexity index is 1300. The van der Waals surface area contributed by atoms with Gasteiger partial charge in [0.15, 0.2) is 11.7 Å². The smallest absolute Gasteiger partial charge is 0.278 e. The van der Waals surface area contributed by atoms with E-state index < -0.39 is 33.9 Å². The van der Waals surface area contributed by atoms with E-state index >= 15 is 0 Å². The molecule has 0 bridgehead atoms. The molecule has 0 fully saturated rings. The van der Waals surface area contributed by atoms with Crippen LogP contribution >= 0.6 is 0 Å². The molecule has 0 saturated heterocycles. The van der Waals surface area contributed by atoms with Crippen molar-refractivity contribution in [2.45, 2.75) is 24.0 Å². The fourth-order valence-corrected chi connectivity index (χ4v) is 4.30. The fraction of sp³-hybridized carbons (Fsp3) is 0.250. The molecule has 1 unspecified atom stereocenters. The number of halogens is 4. The van der Waals surface area contributed by atoms with Gasteiger partial charge in [-0.3, -0.25) is 10.4 Å². The van der Waals surface area contributed by atoms with Gasteiger partial charge in [-0.15, -0.1) is 0 Å². The molecule has 8 nitrogen and oxygen atoms in total. The number of hydrogen-bond donors (Lipinski definition) is 1. The number of hydrogen-bond acceptors (Lipinski definition) is 7. The first-order valence-corrected chi connectivity index (χ1v) is 11.0. The molecule has 2 aliphatic heterocycles. The van der Waals surface area contributed by atoms with Crippen molar-refractivity contribution in [3.63, 3.8) is 0 Å². The normalized spacial score (nSPS) is 18.5. The Hall–Kier alpha value is -3.32. The Labute approximate surface area is 187 Å². The van der Waals surface area contributed by atoms with Crippen molar-refractivity contribution in [1.29, 1.82) is 0 Å². The van der Waals surface area contributed by atoms with E-state index in [9.17, 15) is 26.0 Å². The lowest BCUT2D eigenvalue weighted by atomic mass is 10.1. The SMILES string of the molecule is CC1C=C2N=C(C(F)(F)F)N=C2NN1c1ncc(-c2ccc(F)cc2)cc1S(=O)(=O)N(C)C. The van der Waals surface area contributed by atoms with Crippen molar-refractivity contribution in [3.8, 4) is 11.1 Å². The van der Waals surface area contributed by atoms with Crippen molar-refractivity contribution in [1.82, 2.24) is 14.7 Å². The van der Waals surface area contributed by atoms with Crippen molar-refractivity contribution in [2.24, 2.45) is 9.98 Å². The highest BCUT2D eigenvalue weighted by atomic mass is 32.2. The summed E-state index contributed by atoms with van der Waals surface area (Å²) in [5.41, 5.74) is 3.67. The summed E-state index contributed by atoms with van der Waals surface area (Å²) in [6.45, 7) is 1.64. The first-order chi connectivity index (χ1) is 15.4. The van der Waals surface area contributed by atoms with Crippen LogP contribution in [0.4, 0.5) is 23.4 Å². The minimum Gasteiger partial charge on any atom is -0.278 e. The van der Waals surface area contributed by atoms with Crippen LogP contribution in [0.1, 0.15) is 6.92 Å². The number of pyridine rings is 1. The molecular formula is C20H18F4N6O2S. The number of alkyl halides is 3. The van der Waals surface area contributed by atoms with Crippen molar-refractivity contribution < 1.29 is 26.0 Å². The second-order valence-corrected chi connectivity index (χ2v) is 9.63. The van der Waals surface area contributed by atoms with E-state index in [1.165, 1.54) is 61.7 Å². The van der Waals surface area contributed by atoms with E-state index in [0.29, 0.717) is 11.1 Å². The predicted molar refractivity (Wildman–Crippen MR) is 115 cm³/mol. The number of aliphatic imine (C=N–C) groups is 2. The number of aromatic nitrogens is 1. The molecule has 2 aromatic rings. The lowest BCUT2D eigenvalue weighted by Gasteiger charge is -2.34. The number of benzene rings is 1. The Morgan fingerprint density at radius 1 is 1.09 bits per heavy atom. The molecule has 1 N–H and O–H groups in total. The maximum Gasteiger partial charge on any atom is 0.451 e. The number of amidine groups is 2. The lowest BCUT2D eigenvalue weighted by molar-refractivity contribution is -0.0595. The summed E-state index contributed by atoms with van der Waals surface area (Å²) < 4.78 is 79.6. The van der Waals surface area contributed by atoms with Crippen molar-refractivity contribution in [2.75, 3.05) is 19.1 Å². The van der Waals surface area contributed by atoms with E-state index in [1.807, 2.05) is 0 Å². The average molecular weight is 482 g/mol. The third-order valence-corrected chi connectivity index (χ3v) is 6.79. The second-order valence-electron chi connectivity index (χ2n) is 7.51. The number of hydrazine groups is 1. The highest BCUT2D eigenvalue weighted by molar-refractivity contribution is 7.89. The summed E-state index contributed by atoms with van der Waals surface area (Å²) in [5, 5.41) is 1.31. The van der Waals surface area contributed by atoms with Gasteiger partial charge in [-0.2, -0.15) is 13.2 Å². The number of nitrogens with one attached hydrogen (secondary N) is 1. The van der Waals surface area contributed by atoms with Gasteiger partial charge in [0.25, 0.3) is 0 Å². The van der Waals surface area contributed by atoms with Crippen LogP contribution in [0.5, 0.6) is 0 Å². The molecule has 0 radical (unpaired) electrons. The first-order valence-electron chi connectivity index (χ1n) is 9.59. The maximum absolute atomic E-state index is 13.3. The minimum atomic E-state index is -4.73. The monoisotopic (exact) mass is 482 g/mol. The molecule has 2 aliphatic rings. The largest absolute Gasteiger partial charge is 0.451 e. The summed E-state index contributed by atoms with van der Waals surface area (Å²) in [6, 6.07) is 6.21. The Kier molecular flexibility index (Phi) is 5.48. The topological polar surface area (TPSA) is 90.3 Å². The summed E-state index contributed by atoms with van der Waals surface area (Å²) in [7, 11) is -1.34. The van der Waals surface area contributed by atoms with Crippen molar-refractivity contribution in [3.05, 3.63) is 54.1 Å². The van der Waals surface area contributed by atoms with E-state index in [4.69, 9.17) is 0 Å². The van der Waals surface area contributed by atoms with Gasteiger partial charge in [-0.05, 0) is 36.8 Å². The number of rotatable bonds is 4. The molecule has 3 heterocycles. The Balaban J connectivity index is 1.80. The molecule has 4 rings (SSSR count). The van der Waals surface area contributed by atoms with Crippen LogP contribution in [-0.2, 0) is 10.0 Å². The summed E-state index contributed by atoms with van der Waals surface area (Å²) in [4.78, 5) is 11.1. The molecule has 1 atom stereocenters. The first kappa shape index (κ1) is 22.9. The second kappa shape index (κ2) is 7.92. The van der Waals surface area contributed by atoms with Gasteiger partial charge < -0.3 is 0 Å². The molecule has 1 aromatic heterocycles. The van der Waals surface area contributed by atoms with E-state index in [0.717, 1.165) is 4.31 Å². The van der Waals surface area contributed by atoms with Gasteiger partial charge in [0.2, 0.25) is 15.9 Å². The Morgan fingerprint density at radius 2 is 1.76 bits per heavy atom. The molecule has 13 heteroatoms. The van der Waals surface area contributed by atoms with Gasteiger partial charge in [0.05, 0.1) is 6.04 Å². The summed E-state index contributed by atoms with van der Waals surface area (Å²) in [6.07, 6.45) is -1.90.